The van der Waals surface area contributed by atoms with E-state index < -0.39 is 46.1 Å². The smallest absolute Gasteiger partial charge is 0.407 e. The van der Waals surface area contributed by atoms with E-state index in [-0.39, 0.29) is 56.2 Å². The average Bonchev–Trinajstić information content (AvgIpc) is 3.83. The summed E-state index contributed by atoms with van der Waals surface area (Å²) in [5, 5.41) is 17.3. The molecule has 2 amide bonds. The van der Waals surface area contributed by atoms with E-state index in [2.05, 4.69) is 10.6 Å². The number of rotatable bonds is 17. The number of carbonyl (C=O) groups excluding carboxylic acids is 2. The molecular weight excluding hydrogens is 656 g/mol. The minimum absolute atomic E-state index is 0.00852. The summed E-state index contributed by atoms with van der Waals surface area (Å²) in [5.41, 5.74) is 5.68. The fourth-order valence-corrected chi connectivity index (χ4v) is 8.04. The number of sulfonamides is 1. The van der Waals surface area contributed by atoms with Crippen molar-refractivity contribution in [1.29, 1.82) is 0 Å². The first-order valence-electron chi connectivity index (χ1n) is 16.7. The topological polar surface area (TPSA) is 188 Å². The lowest BCUT2D eigenvalue weighted by Crippen LogP contribution is -2.52. The number of nitrogens with two attached hydrogens (primary N) is 1. The number of amides is 2. The van der Waals surface area contributed by atoms with E-state index in [0.717, 1.165) is 12.0 Å². The van der Waals surface area contributed by atoms with Crippen LogP contribution in [0.1, 0.15) is 45.1 Å². The van der Waals surface area contributed by atoms with Gasteiger partial charge in [0, 0.05) is 25.7 Å². The Morgan fingerprint density at radius 2 is 1.88 bits per heavy atom. The molecule has 0 aliphatic carbocycles. The van der Waals surface area contributed by atoms with E-state index in [1.54, 1.807) is 6.07 Å². The van der Waals surface area contributed by atoms with Gasteiger partial charge in [0.2, 0.25) is 22.7 Å². The molecule has 2 saturated heterocycles. The van der Waals surface area contributed by atoms with Gasteiger partial charge in [0.15, 0.2) is 17.8 Å². The van der Waals surface area contributed by atoms with E-state index >= 15 is 0 Å². The number of unbranched alkanes of at least 4 members (excludes halogenated alkanes) is 1. The van der Waals surface area contributed by atoms with Gasteiger partial charge in [-0.3, -0.25) is 4.79 Å². The minimum atomic E-state index is -4.17. The molecule has 270 valence electrons. The number of carbonyl (C=O) groups is 2. The van der Waals surface area contributed by atoms with Crippen molar-refractivity contribution in [3.63, 3.8) is 0 Å². The van der Waals surface area contributed by atoms with E-state index in [9.17, 15) is 23.1 Å². The van der Waals surface area contributed by atoms with Crippen molar-refractivity contribution in [2.75, 3.05) is 46.2 Å². The third kappa shape index (κ3) is 9.83. The molecule has 2 aromatic carbocycles. The first-order chi connectivity index (χ1) is 23.4. The molecule has 49 heavy (non-hydrogen) atoms. The van der Waals surface area contributed by atoms with Gasteiger partial charge in [-0.25, -0.2) is 13.2 Å². The molecule has 0 aromatic heterocycles. The predicted molar refractivity (Wildman–Crippen MR) is 178 cm³/mol. The zero-order valence-electron chi connectivity index (χ0n) is 28.0. The van der Waals surface area contributed by atoms with Crippen molar-refractivity contribution in [3.8, 4) is 11.5 Å². The largest absolute Gasteiger partial charge is 0.454 e. The van der Waals surface area contributed by atoms with Crippen LogP contribution in [0.3, 0.4) is 0 Å². The predicted octanol–water partition coefficient (Wildman–Crippen LogP) is 2.14. The maximum atomic E-state index is 14.3. The number of nitrogens with zero attached hydrogens (tertiary/aromatic N) is 1. The highest BCUT2D eigenvalue weighted by Gasteiger charge is 2.44. The van der Waals surface area contributed by atoms with E-state index in [1.807, 2.05) is 44.2 Å². The molecule has 3 aliphatic heterocycles. The summed E-state index contributed by atoms with van der Waals surface area (Å²) >= 11 is 0. The summed E-state index contributed by atoms with van der Waals surface area (Å²) in [7, 11) is -4.17. The number of aliphatic hydroxyl groups excluding tert-OH is 1. The Bertz CT molecular complexity index is 1530. The first kappa shape index (κ1) is 36.8. The zero-order chi connectivity index (χ0) is 35.0. The van der Waals surface area contributed by atoms with E-state index in [4.69, 9.17) is 29.4 Å². The van der Waals surface area contributed by atoms with Gasteiger partial charge in [0.05, 0.1) is 42.7 Å². The molecule has 0 unspecified atom stereocenters. The number of hydrogen-bond acceptors (Lipinski definition) is 11. The SMILES string of the molecule is CC(C)(CCCCNC(=O)CN)CN(C[C@H](O)[C@H](Cc1ccccc1)NC(=O)O[C@H]1CO[C@H]2OCC[C@H]21)S(=O)(=O)c1ccc2c(c1)OCO2. The van der Waals surface area contributed by atoms with Crippen LogP contribution in [0.2, 0.25) is 0 Å². The van der Waals surface area contributed by atoms with Crippen LogP contribution in [0.4, 0.5) is 4.79 Å². The Morgan fingerprint density at radius 3 is 2.65 bits per heavy atom. The Labute approximate surface area is 287 Å². The molecule has 5 N–H and O–H groups in total. The molecule has 2 aromatic rings. The standard InChI is InChI=1S/C34H48N4O10S/c1-34(2,13-6-7-14-36-31(40)18-35)21-38(49(42,43)24-10-11-28-29(17-24)47-22-46-28)19-27(39)26(16-23-8-4-3-5-9-23)37-33(41)48-30-20-45-32-25(30)12-15-44-32/h3-5,8-11,17,25-27,30,32,39H,6-7,12-16,18-22,35H2,1-2H3,(H,36,40)(H,37,41)/t25-,26-,27-,30-,32+/m0/s1. The van der Waals surface area contributed by atoms with Crippen molar-refractivity contribution in [3.05, 3.63) is 54.1 Å². The van der Waals surface area contributed by atoms with Gasteiger partial charge in [-0.1, -0.05) is 50.6 Å². The normalized spacial score (nSPS) is 21.3. The lowest BCUT2D eigenvalue weighted by molar-refractivity contribution is -0.119. The number of benzene rings is 2. The molecule has 0 radical (unpaired) electrons. The molecule has 15 heteroatoms. The summed E-state index contributed by atoms with van der Waals surface area (Å²) < 4.78 is 57.6. The van der Waals surface area contributed by atoms with Crippen LogP contribution in [0.25, 0.3) is 0 Å². The highest BCUT2D eigenvalue weighted by molar-refractivity contribution is 7.89. The van der Waals surface area contributed by atoms with Crippen LogP contribution >= 0.6 is 0 Å². The Kier molecular flexibility index (Phi) is 12.4. The third-order valence-electron chi connectivity index (χ3n) is 9.07. The number of fused-ring (bicyclic) bond motifs is 2. The molecule has 0 bridgehead atoms. The molecule has 3 heterocycles. The second-order valence-electron chi connectivity index (χ2n) is 13.5. The molecule has 0 spiro atoms. The number of nitrogens with one attached hydrogen (secondary N) is 2. The lowest BCUT2D eigenvalue weighted by atomic mass is 9.87. The summed E-state index contributed by atoms with van der Waals surface area (Å²) in [6.45, 7) is 4.80. The lowest BCUT2D eigenvalue weighted by Gasteiger charge is -2.35. The third-order valence-corrected chi connectivity index (χ3v) is 10.9. The van der Waals surface area contributed by atoms with Gasteiger partial charge in [-0.05, 0) is 48.8 Å². The Hall–Kier alpha value is -3.47. The van der Waals surface area contributed by atoms with Crippen molar-refractivity contribution in [1.82, 2.24) is 14.9 Å². The molecule has 14 nitrogen and oxygen atoms in total. The fraction of sp³-hybridized carbons (Fsp3) is 0.588. The fourth-order valence-electron chi connectivity index (χ4n) is 6.38. The van der Waals surface area contributed by atoms with Gasteiger partial charge < -0.3 is 45.2 Å². The van der Waals surface area contributed by atoms with Gasteiger partial charge >= 0.3 is 6.09 Å². The summed E-state index contributed by atoms with van der Waals surface area (Å²) in [6.07, 6.45) is 0.0579. The molecule has 2 fully saturated rings. The average molecular weight is 705 g/mol. The van der Waals surface area contributed by atoms with Gasteiger partial charge in [0.25, 0.3) is 0 Å². The maximum Gasteiger partial charge on any atom is 0.407 e. The number of aliphatic hydroxyl groups is 1. The molecule has 3 aliphatic rings. The number of hydrogen-bond donors (Lipinski definition) is 4. The Balaban J connectivity index is 1.34. The van der Waals surface area contributed by atoms with Gasteiger partial charge in [-0.2, -0.15) is 4.31 Å². The van der Waals surface area contributed by atoms with Crippen molar-refractivity contribution >= 4 is 22.0 Å². The monoisotopic (exact) mass is 704 g/mol. The minimum Gasteiger partial charge on any atom is -0.454 e. The zero-order valence-corrected chi connectivity index (χ0v) is 28.9. The summed E-state index contributed by atoms with van der Waals surface area (Å²) in [5.74, 6) is 0.466. The Morgan fingerprint density at radius 1 is 1.10 bits per heavy atom. The summed E-state index contributed by atoms with van der Waals surface area (Å²) in [6, 6.07) is 12.9. The van der Waals surface area contributed by atoms with Crippen LogP contribution in [-0.4, -0.2) is 101 Å². The highest BCUT2D eigenvalue weighted by Crippen LogP contribution is 2.36. The van der Waals surface area contributed by atoms with Crippen LogP contribution in [0, 0.1) is 11.3 Å². The van der Waals surface area contributed by atoms with Crippen molar-refractivity contribution < 1.29 is 46.8 Å². The molecule has 5 rings (SSSR count). The number of alkyl carbamates (subject to hydrolysis) is 1. The van der Waals surface area contributed by atoms with Gasteiger partial charge in [0.1, 0.15) is 6.10 Å². The molecular formula is C34H48N4O10S. The van der Waals surface area contributed by atoms with Crippen molar-refractivity contribution in [2.45, 2.75) is 75.4 Å². The molecule has 0 saturated carbocycles. The van der Waals surface area contributed by atoms with Gasteiger partial charge in [-0.15, -0.1) is 0 Å². The highest BCUT2D eigenvalue weighted by atomic mass is 32.2. The van der Waals surface area contributed by atoms with E-state index in [1.165, 1.54) is 16.4 Å². The van der Waals surface area contributed by atoms with Crippen LogP contribution in [0.15, 0.2) is 53.4 Å². The maximum absolute atomic E-state index is 14.3. The van der Waals surface area contributed by atoms with Crippen LogP contribution < -0.4 is 25.8 Å². The first-order valence-corrected chi connectivity index (χ1v) is 18.2. The second kappa shape index (κ2) is 16.5. The van der Waals surface area contributed by atoms with Crippen LogP contribution in [-0.2, 0) is 35.4 Å². The van der Waals surface area contributed by atoms with Crippen molar-refractivity contribution in [2.24, 2.45) is 17.1 Å². The van der Waals surface area contributed by atoms with E-state index in [0.29, 0.717) is 43.9 Å². The quantitative estimate of drug-likeness (QED) is 0.177. The van der Waals surface area contributed by atoms with Crippen LogP contribution in [0.5, 0.6) is 11.5 Å². The molecule has 5 atom stereocenters. The number of ether oxygens (including phenoxy) is 5. The summed E-state index contributed by atoms with van der Waals surface area (Å²) in [4.78, 5) is 24.7. The second-order valence-corrected chi connectivity index (χ2v) is 15.4.